The van der Waals surface area contributed by atoms with Gasteiger partial charge in [0, 0.05) is 39.1 Å². The van der Waals surface area contributed by atoms with Crippen molar-refractivity contribution in [3.05, 3.63) is 187 Å². The van der Waals surface area contributed by atoms with Crippen molar-refractivity contribution in [3.8, 4) is 27.9 Å². The summed E-state index contributed by atoms with van der Waals surface area (Å²) in [6.45, 7) is 2.14. The van der Waals surface area contributed by atoms with E-state index in [0.29, 0.717) is 0 Å². The Labute approximate surface area is 287 Å². The number of hydrogen-bond donors (Lipinski definition) is 0. The number of benzene rings is 7. The minimum Gasteiger partial charge on any atom is -0.313 e. The number of nitrogens with zero attached hydrogens (tertiary/aromatic N) is 2. The SMILES string of the molecule is Cc1ccc(N(c2ccc(-c3ccccc3)cc2)c2ccc(-c3ccc4c5c(n(-c6ccccc6)c4c3)CCC=C5)c3ccccc23)cc1. The first kappa shape index (κ1) is 29.1. The molecule has 1 aromatic heterocycles. The van der Waals surface area contributed by atoms with Crippen LogP contribution >= 0.6 is 0 Å². The van der Waals surface area contributed by atoms with E-state index >= 15 is 0 Å². The molecule has 0 saturated carbocycles. The Morgan fingerprint density at radius 3 is 1.92 bits per heavy atom. The topological polar surface area (TPSA) is 8.17 Å². The van der Waals surface area contributed by atoms with Gasteiger partial charge < -0.3 is 9.47 Å². The molecule has 0 radical (unpaired) electrons. The summed E-state index contributed by atoms with van der Waals surface area (Å²) in [4.78, 5) is 2.39. The second-order valence-electron chi connectivity index (χ2n) is 13.0. The summed E-state index contributed by atoms with van der Waals surface area (Å²) in [5.74, 6) is 0. The maximum atomic E-state index is 2.48. The van der Waals surface area contributed by atoms with Gasteiger partial charge in [0.25, 0.3) is 0 Å². The van der Waals surface area contributed by atoms with E-state index in [1.165, 1.54) is 66.4 Å². The first-order chi connectivity index (χ1) is 24.2. The molecule has 0 bridgehead atoms. The average molecular weight is 629 g/mol. The molecule has 7 aromatic carbocycles. The lowest BCUT2D eigenvalue weighted by Gasteiger charge is -2.28. The van der Waals surface area contributed by atoms with Gasteiger partial charge in [-0.05, 0) is 95.9 Å². The molecule has 2 nitrogen and oxygen atoms in total. The van der Waals surface area contributed by atoms with Crippen LogP contribution in [0.1, 0.15) is 23.2 Å². The van der Waals surface area contributed by atoms with Gasteiger partial charge in [0.05, 0.1) is 11.2 Å². The normalized spacial score (nSPS) is 12.3. The van der Waals surface area contributed by atoms with Gasteiger partial charge in [-0.1, -0.05) is 133 Å². The van der Waals surface area contributed by atoms with Crippen molar-refractivity contribution in [2.75, 3.05) is 4.90 Å². The van der Waals surface area contributed by atoms with E-state index in [-0.39, 0.29) is 0 Å². The Hall–Kier alpha value is -6.12. The Kier molecular flexibility index (Phi) is 7.21. The van der Waals surface area contributed by atoms with Crippen molar-refractivity contribution in [2.24, 2.45) is 0 Å². The number of para-hydroxylation sites is 1. The van der Waals surface area contributed by atoms with Crippen LogP contribution in [0.15, 0.2) is 170 Å². The lowest BCUT2D eigenvalue weighted by atomic mass is 9.95. The standard InChI is InChI=1S/C47H36N2/c1-33-20-25-38(26-21-33)48(39-27-22-35(23-28-39)34-12-4-2-5-13-34)46-31-30-40(41-16-8-9-17-42(41)46)36-24-29-44-43-18-10-11-19-45(43)49(47(44)32-36)37-14-6-3-7-15-37/h2-10,12-18,20-32H,11,19H2,1H3. The van der Waals surface area contributed by atoms with Gasteiger partial charge in [-0.2, -0.15) is 0 Å². The fourth-order valence-electron chi connectivity index (χ4n) is 7.54. The van der Waals surface area contributed by atoms with E-state index in [4.69, 9.17) is 0 Å². The van der Waals surface area contributed by atoms with Gasteiger partial charge in [-0.3, -0.25) is 0 Å². The van der Waals surface area contributed by atoms with Crippen LogP contribution in [0.5, 0.6) is 0 Å². The largest absolute Gasteiger partial charge is 0.313 e. The van der Waals surface area contributed by atoms with Crippen molar-refractivity contribution >= 4 is 44.8 Å². The summed E-state index contributed by atoms with van der Waals surface area (Å²) < 4.78 is 2.48. The van der Waals surface area contributed by atoms with Gasteiger partial charge in [0.15, 0.2) is 0 Å². The van der Waals surface area contributed by atoms with E-state index < -0.39 is 0 Å². The lowest BCUT2D eigenvalue weighted by Crippen LogP contribution is -2.10. The third-order valence-corrected chi connectivity index (χ3v) is 9.93. The van der Waals surface area contributed by atoms with Crippen molar-refractivity contribution in [3.63, 3.8) is 0 Å². The minimum absolute atomic E-state index is 1.05. The summed E-state index contributed by atoms with van der Waals surface area (Å²) in [5.41, 5.74) is 14.8. The predicted octanol–water partition coefficient (Wildman–Crippen LogP) is 12.9. The molecule has 234 valence electrons. The van der Waals surface area contributed by atoms with E-state index in [9.17, 15) is 0 Å². The highest BCUT2D eigenvalue weighted by atomic mass is 15.1. The number of aryl methyl sites for hydroxylation is 1. The zero-order valence-corrected chi connectivity index (χ0v) is 27.6. The van der Waals surface area contributed by atoms with E-state index in [1.54, 1.807) is 0 Å². The summed E-state index contributed by atoms with van der Waals surface area (Å²) in [6.07, 6.45) is 6.74. The zero-order valence-electron chi connectivity index (χ0n) is 27.6. The van der Waals surface area contributed by atoms with Gasteiger partial charge in [0.2, 0.25) is 0 Å². The predicted molar refractivity (Wildman–Crippen MR) is 208 cm³/mol. The monoisotopic (exact) mass is 628 g/mol. The third kappa shape index (κ3) is 5.14. The molecule has 0 atom stereocenters. The molecule has 0 spiro atoms. The van der Waals surface area contributed by atoms with Gasteiger partial charge in [0.1, 0.15) is 0 Å². The van der Waals surface area contributed by atoms with Gasteiger partial charge in [-0.25, -0.2) is 0 Å². The molecule has 0 fully saturated rings. The lowest BCUT2D eigenvalue weighted by molar-refractivity contribution is 0.888. The highest BCUT2D eigenvalue weighted by Crippen LogP contribution is 2.43. The highest BCUT2D eigenvalue weighted by Gasteiger charge is 2.21. The van der Waals surface area contributed by atoms with Crippen molar-refractivity contribution in [1.29, 1.82) is 0 Å². The molecule has 0 aliphatic heterocycles. The summed E-state index contributed by atoms with van der Waals surface area (Å²) in [7, 11) is 0. The fraction of sp³-hybridized carbons (Fsp3) is 0.0638. The Morgan fingerprint density at radius 1 is 0.531 bits per heavy atom. The number of hydrogen-bond acceptors (Lipinski definition) is 1. The fourth-order valence-corrected chi connectivity index (χ4v) is 7.54. The maximum Gasteiger partial charge on any atom is 0.0543 e. The van der Waals surface area contributed by atoms with Crippen LogP contribution in [0.4, 0.5) is 17.1 Å². The van der Waals surface area contributed by atoms with Crippen LogP contribution in [0.3, 0.4) is 0 Å². The first-order valence-electron chi connectivity index (χ1n) is 17.2. The van der Waals surface area contributed by atoms with Crippen LogP contribution in [0, 0.1) is 6.92 Å². The second-order valence-corrected chi connectivity index (χ2v) is 13.0. The van der Waals surface area contributed by atoms with Crippen LogP contribution in [0.25, 0.3) is 55.7 Å². The molecule has 0 saturated heterocycles. The highest BCUT2D eigenvalue weighted by molar-refractivity contribution is 6.07. The Balaban J connectivity index is 1.21. The molecule has 49 heavy (non-hydrogen) atoms. The molecule has 0 amide bonds. The van der Waals surface area contributed by atoms with Crippen molar-refractivity contribution in [1.82, 2.24) is 4.57 Å². The molecule has 2 heteroatoms. The Bertz CT molecular complexity index is 2470. The van der Waals surface area contributed by atoms with Crippen molar-refractivity contribution < 1.29 is 0 Å². The molecule has 9 rings (SSSR count). The summed E-state index contributed by atoms with van der Waals surface area (Å²) in [5, 5.41) is 3.76. The molecule has 8 aromatic rings. The van der Waals surface area contributed by atoms with Crippen LogP contribution < -0.4 is 4.90 Å². The van der Waals surface area contributed by atoms with E-state index in [2.05, 4.69) is 192 Å². The second kappa shape index (κ2) is 12.2. The number of aromatic nitrogens is 1. The summed E-state index contributed by atoms with van der Waals surface area (Å²) in [6, 6.07) is 59.7. The number of anilines is 3. The minimum atomic E-state index is 1.05. The molecule has 0 unspecified atom stereocenters. The number of allylic oxidation sites excluding steroid dienone is 1. The first-order valence-corrected chi connectivity index (χ1v) is 17.2. The smallest absolute Gasteiger partial charge is 0.0543 e. The molecule has 1 aliphatic rings. The molecule has 0 N–H and O–H groups in total. The number of rotatable bonds is 6. The van der Waals surface area contributed by atoms with Gasteiger partial charge in [-0.15, -0.1) is 0 Å². The number of fused-ring (bicyclic) bond motifs is 4. The van der Waals surface area contributed by atoms with E-state index in [0.717, 1.165) is 29.9 Å². The van der Waals surface area contributed by atoms with Crippen LogP contribution in [-0.4, -0.2) is 4.57 Å². The van der Waals surface area contributed by atoms with Crippen LogP contribution in [0.2, 0.25) is 0 Å². The van der Waals surface area contributed by atoms with Crippen molar-refractivity contribution in [2.45, 2.75) is 19.8 Å². The molecular weight excluding hydrogens is 593 g/mol. The Morgan fingerprint density at radius 2 is 1.16 bits per heavy atom. The third-order valence-electron chi connectivity index (χ3n) is 9.93. The maximum absolute atomic E-state index is 2.48. The molecule has 1 heterocycles. The van der Waals surface area contributed by atoms with Gasteiger partial charge >= 0.3 is 0 Å². The average Bonchev–Trinajstić information content (AvgIpc) is 3.50. The van der Waals surface area contributed by atoms with Crippen LogP contribution in [-0.2, 0) is 6.42 Å². The quantitative estimate of drug-likeness (QED) is 0.178. The molecule has 1 aliphatic carbocycles. The van der Waals surface area contributed by atoms with E-state index in [1.807, 2.05) is 0 Å². The zero-order chi connectivity index (χ0) is 32.7. The molecular formula is C47H36N2. The summed E-state index contributed by atoms with van der Waals surface area (Å²) >= 11 is 0.